The van der Waals surface area contributed by atoms with Gasteiger partial charge in [0.1, 0.15) is 0 Å². The van der Waals surface area contributed by atoms with Crippen molar-refractivity contribution >= 4 is 18.4 Å². The van der Waals surface area contributed by atoms with Crippen LogP contribution in [0.4, 0.5) is 4.39 Å². The Morgan fingerprint density at radius 3 is 2.88 bits per heavy atom. The Kier molecular flexibility index (Phi) is 3.72. The molecule has 0 spiro atoms. The van der Waals surface area contributed by atoms with Gasteiger partial charge in [0.15, 0.2) is 11.6 Å². The third-order valence-corrected chi connectivity index (χ3v) is 2.42. The lowest BCUT2D eigenvalue weighted by atomic mass is 9.95. The van der Waals surface area contributed by atoms with Crippen molar-refractivity contribution in [2.45, 2.75) is 12.5 Å². The van der Waals surface area contributed by atoms with E-state index in [0.717, 1.165) is 6.07 Å². The summed E-state index contributed by atoms with van der Waals surface area (Å²) in [5, 5.41) is 8.92. The van der Waals surface area contributed by atoms with Gasteiger partial charge in [-0.3, -0.25) is 0 Å². The first-order valence-corrected chi connectivity index (χ1v) is 4.55. The molecule has 6 heteroatoms. The molecule has 4 nitrogen and oxygen atoms in total. The molecule has 1 heterocycles. The molecule has 1 aromatic rings. The number of rotatable bonds is 1. The van der Waals surface area contributed by atoms with Gasteiger partial charge in [-0.15, -0.1) is 12.4 Å². The van der Waals surface area contributed by atoms with Gasteiger partial charge in [0, 0.05) is 18.0 Å². The van der Waals surface area contributed by atoms with Crippen molar-refractivity contribution in [3.8, 4) is 5.75 Å². The summed E-state index contributed by atoms with van der Waals surface area (Å²) in [7, 11) is 0. The molecule has 0 unspecified atom stereocenters. The summed E-state index contributed by atoms with van der Waals surface area (Å²) in [5.74, 6) is -1.70. The fourth-order valence-corrected chi connectivity index (χ4v) is 1.71. The molecule has 0 bridgehead atoms. The first kappa shape index (κ1) is 12.7. The molecule has 1 aliphatic rings. The highest BCUT2D eigenvalue weighted by Crippen LogP contribution is 2.35. The standard InChI is InChI=1S/C10H10FNO3.ClH/c11-6-2-1-5(10(13)14)8-7(12)3-4-15-9(6)8;/h1-2,7H,3-4,12H2,(H,13,14);1H/t7-;/m1./s1. The molecule has 0 fully saturated rings. The summed E-state index contributed by atoms with van der Waals surface area (Å²) in [6.07, 6.45) is 0.497. The Bertz CT molecular complexity index is 425. The molecule has 0 saturated heterocycles. The van der Waals surface area contributed by atoms with Gasteiger partial charge >= 0.3 is 5.97 Å². The van der Waals surface area contributed by atoms with Gasteiger partial charge in [-0.1, -0.05) is 0 Å². The van der Waals surface area contributed by atoms with E-state index in [1.54, 1.807) is 0 Å². The van der Waals surface area contributed by atoms with Crippen molar-refractivity contribution in [1.82, 2.24) is 0 Å². The normalized spacial score (nSPS) is 18.0. The number of carboxylic acid groups (broad SMARTS) is 1. The molecular formula is C10H11ClFNO3. The van der Waals surface area contributed by atoms with Crippen molar-refractivity contribution in [3.05, 3.63) is 29.1 Å². The molecule has 0 aliphatic carbocycles. The second-order valence-electron chi connectivity index (χ2n) is 3.39. The lowest BCUT2D eigenvalue weighted by Gasteiger charge is -2.24. The van der Waals surface area contributed by atoms with Crippen LogP contribution in [0.2, 0.25) is 0 Å². The van der Waals surface area contributed by atoms with E-state index in [4.69, 9.17) is 15.6 Å². The van der Waals surface area contributed by atoms with Crippen LogP contribution in [0.15, 0.2) is 12.1 Å². The zero-order valence-electron chi connectivity index (χ0n) is 8.27. The maximum Gasteiger partial charge on any atom is 0.336 e. The minimum absolute atomic E-state index is 0. The number of hydrogen-bond acceptors (Lipinski definition) is 3. The van der Waals surface area contributed by atoms with Gasteiger partial charge in [-0.05, 0) is 12.1 Å². The number of nitrogens with two attached hydrogens (primary N) is 1. The SMILES string of the molecule is Cl.N[C@@H]1CCOc2c(F)ccc(C(=O)O)c21. The van der Waals surface area contributed by atoms with Crippen molar-refractivity contribution in [2.75, 3.05) is 6.61 Å². The fraction of sp³-hybridized carbons (Fsp3) is 0.300. The maximum atomic E-state index is 13.3. The zero-order chi connectivity index (χ0) is 11.0. The average molecular weight is 248 g/mol. The van der Waals surface area contributed by atoms with Gasteiger partial charge in [-0.2, -0.15) is 0 Å². The van der Waals surface area contributed by atoms with E-state index in [2.05, 4.69) is 0 Å². The molecule has 1 atom stereocenters. The van der Waals surface area contributed by atoms with E-state index >= 15 is 0 Å². The second-order valence-corrected chi connectivity index (χ2v) is 3.39. The third-order valence-electron chi connectivity index (χ3n) is 2.42. The lowest BCUT2D eigenvalue weighted by molar-refractivity contribution is 0.0693. The third kappa shape index (κ3) is 1.96. The molecule has 0 radical (unpaired) electrons. The van der Waals surface area contributed by atoms with Gasteiger partial charge in [0.25, 0.3) is 0 Å². The molecule has 0 aromatic heterocycles. The topological polar surface area (TPSA) is 72.5 Å². The molecule has 1 aromatic carbocycles. The number of carboxylic acids is 1. The summed E-state index contributed by atoms with van der Waals surface area (Å²) in [4.78, 5) is 10.9. The molecule has 1 aliphatic heterocycles. The Hall–Kier alpha value is -1.33. The van der Waals surface area contributed by atoms with Crippen LogP contribution >= 0.6 is 12.4 Å². The van der Waals surface area contributed by atoms with E-state index < -0.39 is 17.8 Å². The van der Waals surface area contributed by atoms with E-state index in [0.29, 0.717) is 13.0 Å². The predicted octanol–water partition coefficient (Wildman–Crippen LogP) is 1.73. The largest absolute Gasteiger partial charge is 0.490 e. The van der Waals surface area contributed by atoms with Crippen LogP contribution in [-0.4, -0.2) is 17.7 Å². The molecule has 0 amide bonds. The summed E-state index contributed by atoms with van der Waals surface area (Å²) in [5.41, 5.74) is 6.01. The van der Waals surface area contributed by atoms with Crippen LogP contribution in [0.1, 0.15) is 28.4 Å². The van der Waals surface area contributed by atoms with Gasteiger partial charge in [0.2, 0.25) is 0 Å². The number of carbonyl (C=O) groups is 1. The fourth-order valence-electron chi connectivity index (χ4n) is 1.71. The van der Waals surface area contributed by atoms with Gasteiger partial charge in [0.05, 0.1) is 12.2 Å². The summed E-state index contributed by atoms with van der Waals surface area (Å²) < 4.78 is 18.4. The summed E-state index contributed by atoms with van der Waals surface area (Å²) in [6, 6.07) is 1.82. The van der Waals surface area contributed by atoms with Crippen molar-refractivity contribution in [3.63, 3.8) is 0 Å². The highest BCUT2D eigenvalue weighted by atomic mass is 35.5. The van der Waals surface area contributed by atoms with E-state index in [1.165, 1.54) is 6.07 Å². The number of ether oxygens (including phenoxy) is 1. The molecular weight excluding hydrogens is 237 g/mol. The monoisotopic (exact) mass is 247 g/mol. The van der Waals surface area contributed by atoms with Crippen molar-refractivity contribution < 1.29 is 19.0 Å². The molecule has 88 valence electrons. The van der Waals surface area contributed by atoms with E-state index in [-0.39, 0.29) is 29.3 Å². The molecule has 16 heavy (non-hydrogen) atoms. The minimum Gasteiger partial charge on any atom is -0.490 e. The van der Waals surface area contributed by atoms with Crippen molar-refractivity contribution in [1.29, 1.82) is 0 Å². The first-order chi connectivity index (χ1) is 7.11. The summed E-state index contributed by atoms with van der Waals surface area (Å²) >= 11 is 0. The van der Waals surface area contributed by atoms with Crippen LogP contribution < -0.4 is 10.5 Å². The number of hydrogen-bond donors (Lipinski definition) is 2. The molecule has 0 saturated carbocycles. The number of halogens is 2. The van der Waals surface area contributed by atoms with Crippen LogP contribution in [0.25, 0.3) is 0 Å². The number of benzene rings is 1. The van der Waals surface area contributed by atoms with E-state index in [9.17, 15) is 9.18 Å². The smallest absolute Gasteiger partial charge is 0.336 e. The highest BCUT2D eigenvalue weighted by molar-refractivity contribution is 5.90. The Labute approximate surface area is 97.6 Å². The minimum atomic E-state index is -1.12. The predicted molar refractivity (Wildman–Crippen MR) is 57.6 cm³/mol. The first-order valence-electron chi connectivity index (χ1n) is 4.55. The maximum absolute atomic E-state index is 13.3. The zero-order valence-corrected chi connectivity index (χ0v) is 9.09. The van der Waals surface area contributed by atoms with Crippen LogP contribution in [0.5, 0.6) is 5.75 Å². The number of aromatic carboxylic acids is 1. The Morgan fingerprint density at radius 1 is 1.56 bits per heavy atom. The van der Waals surface area contributed by atoms with E-state index in [1.807, 2.05) is 0 Å². The van der Waals surface area contributed by atoms with Crippen LogP contribution in [0, 0.1) is 5.82 Å². The Balaban J connectivity index is 0.00000128. The molecule has 3 N–H and O–H groups in total. The van der Waals surface area contributed by atoms with Gasteiger partial charge < -0.3 is 15.6 Å². The number of fused-ring (bicyclic) bond motifs is 1. The van der Waals surface area contributed by atoms with Crippen LogP contribution in [0.3, 0.4) is 0 Å². The van der Waals surface area contributed by atoms with Gasteiger partial charge in [-0.25, -0.2) is 9.18 Å². The highest BCUT2D eigenvalue weighted by Gasteiger charge is 2.27. The Morgan fingerprint density at radius 2 is 2.25 bits per heavy atom. The van der Waals surface area contributed by atoms with Crippen molar-refractivity contribution in [2.24, 2.45) is 5.73 Å². The quantitative estimate of drug-likeness (QED) is 0.793. The second kappa shape index (κ2) is 4.67. The molecule has 2 rings (SSSR count). The summed E-state index contributed by atoms with van der Waals surface area (Å²) in [6.45, 7) is 0.314. The average Bonchev–Trinajstić information content (AvgIpc) is 2.19. The lowest BCUT2D eigenvalue weighted by Crippen LogP contribution is -2.24. The van der Waals surface area contributed by atoms with Crippen LogP contribution in [-0.2, 0) is 0 Å².